The zero-order chi connectivity index (χ0) is 22.5. The highest BCUT2D eigenvalue weighted by Gasteiger charge is 2.52. The summed E-state index contributed by atoms with van der Waals surface area (Å²) in [6, 6.07) is -1.41. The van der Waals surface area contributed by atoms with Crippen molar-refractivity contribution < 1.29 is 24.2 Å². The fourth-order valence-electron chi connectivity index (χ4n) is 3.65. The van der Waals surface area contributed by atoms with Crippen LogP contribution in [-0.2, 0) is 14.3 Å². The van der Waals surface area contributed by atoms with Gasteiger partial charge in [-0.25, -0.2) is 4.79 Å². The van der Waals surface area contributed by atoms with Gasteiger partial charge in [-0.05, 0) is 34.1 Å². The van der Waals surface area contributed by atoms with Crippen molar-refractivity contribution in [1.29, 1.82) is 0 Å². The number of nitrogens with one attached hydrogen (secondary N) is 2. The van der Waals surface area contributed by atoms with Crippen LogP contribution >= 0.6 is 23.5 Å². The Labute approximate surface area is 187 Å². The molecule has 0 aromatic heterocycles. The number of likely N-dealkylation sites (tertiary alicyclic amines) is 1. The van der Waals surface area contributed by atoms with E-state index in [9.17, 15) is 19.5 Å². The molecule has 0 aromatic carbocycles. The molecule has 2 saturated heterocycles. The lowest BCUT2D eigenvalue weighted by Gasteiger charge is -2.30. The molecule has 2 rings (SSSR count). The first-order valence-corrected chi connectivity index (χ1v) is 12.5. The van der Waals surface area contributed by atoms with Crippen molar-refractivity contribution in [3.05, 3.63) is 0 Å². The Morgan fingerprint density at radius 3 is 2.40 bits per heavy atom. The number of hydrogen-bond donors (Lipinski definition) is 3. The van der Waals surface area contributed by atoms with Gasteiger partial charge in [-0.3, -0.25) is 14.5 Å². The van der Waals surface area contributed by atoms with Crippen molar-refractivity contribution in [2.75, 3.05) is 24.6 Å². The standard InChI is InChI=1S/C20H35N3O5S2/c1-6-8-13(15(24)17(26)21-7-2)22-16(25)14-11-20(29-9-10-30-20)12-23(14)18(27)28-19(3,4)5/h13-15,24H,6-12H2,1-5H3,(H,21,26)(H,22,25)/t13?,14-,15?/m0/s1. The van der Waals surface area contributed by atoms with Gasteiger partial charge < -0.3 is 20.5 Å². The minimum atomic E-state index is -1.34. The Morgan fingerprint density at radius 2 is 1.87 bits per heavy atom. The zero-order valence-electron chi connectivity index (χ0n) is 18.5. The highest BCUT2D eigenvalue weighted by molar-refractivity contribution is 8.21. The van der Waals surface area contributed by atoms with E-state index in [1.54, 1.807) is 51.2 Å². The first-order valence-electron chi connectivity index (χ1n) is 10.6. The van der Waals surface area contributed by atoms with Crippen LogP contribution in [0, 0.1) is 0 Å². The molecule has 2 heterocycles. The lowest BCUT2D eigenvalue weighted by atomic mass is 10.0. The van der Waals surface area contributed by atoms with E-state index in [1.165, 1.54) is 4.90 Å². The minimum Gasteiger partial charge on any atom is -0.444 e. The van der Waals surface area contributed by atoms with Crippen molar-refractivity contribution in [3.63, 3.8) is 0 Å². The van der Waals surface area contributed by atoms with Gasteiger partial charge in [-0.15, -0.1) is 23.5 Å². The summed E-state index contributed by atoms with van der Waals surface area (Å²) in [6.07, 6.45) is -0.183. The van der Waals surface area contributed by atoms with Crippen molar-refractivity contribution in [1.82, 2.24) is 15.5 Å². The average Bonchev–Trinajstić information content (AvgIpc) is 3.27. The molecular formula is C20H35N3O5S2. The fraction of sp³-hybridized carbons (Fsp3) is 0.850. The number of nitrogens with zero attached hydrogens (tertiary/aromatic N) is 1. The number of carbonyl (C=O) groups is 3. The monoisotopic (exact) mass is 461 g/mol. The van der Waals surface area contributed by atoms with E-state index in [1.807, 2.05) is 6.92 Å². The van der Waals surface area contributed by atoms with Gasteiger partial charge in [0, 0.05) is 31.0 Å². The molecule has 0 saturated carbocycles. The third kappa shape index (κ3) is 6.43. The molecule has 172 valence electrons. The van der Waals surface area contributed by atoms with E-state index in [4.69, 9.17) is 4.74 Å². The molecule has 3 atom stereocenters. The van der Waals surface area contributed by atoms with Gasteiger partial charge in [0.05, 0.1) is 10.1 Å². The van der Waals surface area contributed by atoms with Crippen LogP contribution in [-0.4, -0.2) is 80.4 Å². The van der Waals surface area contributed by atoms with E-state index < -0.39 is 35.8 Å². The molecule has 2 aliphatic heterocycles. The molecule has 0 aromatic rings. The summed E-state index contributed by atoms with van der Waals surface area (Å²) in [5.41, 5.74) is -0.664. The van der Waals surface area contributed by atoms with Gasteiger partial charge in [0.15, 0.2) is 6.10 Å². The molecule has 30 heavy (non-hydrogen) atoms. The molecule has 8 nitrogen and oxygen atoms in total. The van der Waals surface area contributed by atoms with Crippen molar-refractivity contribution in [3.8, 4) is 0 Å². The number of ether oxygens (including phenoxy) is 1. The minimum absolute atomic E-state index is 0.211. The number of hydrogen-bond acceptors (Lipinski definition) is 7. The van der Waals surface area contributed by atoms with Gasteiger partial charge in [0.2, 0.25) is 5.91 Å². The highest BCUT2D eigenvalue weighted by Crippen LogP contribution is 2.52. The Hall–Kier alpha value is -1.13. The van der Waals surface area contributed by atoms with Crippen molar-refractivity contribution in [2.24, 2.45) is 0 Å². The van der Waals surface area contributed by atoms with Gasteiger partial charge in [0.25, 0.3) is 5.91 Å². The molecule has 2 fully saturated rings. The first-order chi connectivity index (χ1) is 14.0. The maximum absolute atomic E-state index is 13.2. The molecule has 0 bridgehead atoms. The molecule has 3 N–H and O–H groups in total. The highest BCUT2D eigenvalue weighted by atomic mass is 32.2. The summed E-state index contributed by atoms with van der Waals surface area (Å²) in [4.78, 5) is 39.7. The number of amides is 3. The summed E-state index contributed by atoms with van der Waals surface area (Å²) < 4.78 is 5.34. The van der Waals surface area contributed by atoms with E-state index in [0.717, 1.165) is 11.5 Å². The SMILES string of the molecule is CCCC(NC(=O)[C@@H]1CC2(CN1C(=O)OC(C)(C)C)SCCS2)C(O)C(=O)NCC. The number of carbonyl (C=O) groups excluding carboxylic acids is 3. The maximum atomic E-state index is 13.2. The van der Waals surface area contributed by atoms with Crippen LogP contribution in [0.3, 0.4) is 0 Å². The van der Waals surface area contributed by atoms with Gasteiger partial charge >= 0.3 is 6.09 Å². The number of rotatable bonds is 7. The smallest absolute Gasteiger partial charge is 0.411 e. The first kappa shape index (κ1) is 25.1. The van der Waals surface area contributed by atoms with Crippen LogP contribution in [0.15, 0.2) is 0 Å². The third-order valence-electron chi connectivity index (χ3n) is 4.96. The summed E-state index contributed by atoms with van der Waals surface area (Å²) >= 11 is 3.56. The molecular weight excluding hydrogens is 426 g/mol. The average molecular weight is 462 g/mol. The van der Waals surface area contributed by atoms with Gasteiger partial charge in [-0.2, -0.15) is 0 Å². The molecule has 2 aliphatic rings. The topological polar surface area (TPSA) is 108 Å². The van der Waals surface area contributed by atoms with Crippen LogP contribution in [0.4, 0.5) is 4.79 Å². The van der Waals surface area contributed by atoms with E-state index in [2.05, 4.69) is 10.6 Å². The lowest BCUT2D eigenvalue weighted by Crippen LogP contribution is -2.55. The summed E-state index contributed by atoms with van der Waals surface area (Å²) in [6.45, 7) is 9.92. The van der Waals surface area contributed by atoms with Crippen LogP contribution in [0.5, 0.6) is 0 Å². The van der Waals surface area contributed by atoms with Crippen molar-refractivity contribution in [2.45, 2.75) is 81.7 Å². The van der Waals surface area contributed by atoms with E-state index in [-0.39, 0.29) is 9.99 Å². The van der Waals surface area contributed by atoms with Gasteiger partial charge in [0.1, 0.15) is 11.6 Å². The predicted molar refractivity (Wildman–Crippen MR) is 121 cm³/mol. The number of aliphatic hydroxyl groups excluding tert-OH is 1. The fourth-order valence-corrected chi connectivity index (χ4v) is 6.91. The second-order valence-corrected chi connectivity index (χ2v) is 11.9. The number of aliphatic hydroxyl groups is 1. The van der Waals surface area contributed by atoms with Crippen LogP contribution in [0.1, 0.15) is 53.9 Å². The lowest BCUT2D eigenvalue weighted by molar-refractivity contribution is -0.133. The normalized spacial score (nSPS) is 22.6. The predicted octanol–water partition coefficient (Wildman–Crippen LogP) is 1.95. The number of thioether (sulfide) groups is 2. The Bertz CT molecular complexity index is 634. The molecule has 2 unspecified atom stereocenters. The quantitative estimate of drug-likeness (QED) is 0.532. The second-order valence-electron chi connectivity index (χ2n) is 8.68. The molecule has 1 spiro atoms. The second kappa shape index (κ2) is 10.5. The van der Waals surface area contributed by atoms with Gasteiger partial charge in [-0.1, -0.05) is 13.3 Å². The summed E-state index contributed by atoms with van der Waals surface area (Å²) in [5, 5.41) is 15.8. The number of likely N-dealkylation sites (N-methyl/N-ethyl adjacent to an activating group) is 1. The van der Waals surface area contributed by atoms with Crippen LogP contribution in [0.25, 0.3) is 0 Å². The Kier molecular flexibility index (Phi) is 8.76. The maximum Gasteiger partial charge on any atom is 0.411 e. The van der Waals surface area contributed by atoms with Crippen LogP contribution in [0.2, 0.25) is 0 Å². The van der Waals surface area contributed by atoms with Crippen molar-refractivity contribution >= 4 is 41.4 Å². The largest absolute Gasteiger partial charge is 0.444 e. The molecule has 0 aliphatic carbocycles. The third-order valence-corrected chi connectivity index (χ3v) is 8.39. The van der Waals surface area contributed by atoms with Crippen LogP contribution < -0.4 is 10.6 Å². The van der Waals surface area contributed by atoms with E-state index >= 15 is 0 Å². The zero-order valence-corrected chi connectivity index (χ0v) is 20.2. The molecule has 0 radical (unpaired) electrons. The van der Waals surface area contributed by atoms with E-state index in [0.29, 0.717) is 32.4 Å². The Balaban J connectivity index is 2.17. The molecule has 10 heteroatoms. The summed E-state index contributed by atoms with van der Waals surface area (Å²) in [5.74, 6) is 1.10. The molecule has 3 amide bonds. The summed E-state index contributed by atoms with van der Waals surface area (Å²) in [7, 11) is 0. The Morgan fingerprint density at radius 1 is 1.23 bits per heavy atom.